The van der Waals surface area contributed by atoms with Crippen LogP contribution in [0.4, 0.5) is 0 Å². The van der Waals surface area contributed by atoms with Crippen LogP contribution in [-0.4, -0.2) is 42.7 Å². The minimum atomic E-state index is -0.975. The van der Waals surface area contributed by atoms with Crippen molar-refractivity contribution in [3.8, 4) is 0 Å². The van der Waals surface area contributed by atoms with Gasteiger partial charge < -0.3 is 14.6 Å². The maximum atomic E-state index is 12.8. The molecule has 7 heteroatoms. The summed E-state index contributed by atoms with van der Waals surface area (Å²) in [5, 5.41) is 17.5. The molecule has 1 aromatic rings. The zero-order valence-electron chi connectivity index (χ0n) is 13.4. The lowest BCUT2D eigenvalue weighted by atomic mass is 9.96. The minimum Gasteiger partial charge on any atom is -0.480 e. The van der Waals surface area contributed by atoms with E-state index in [1.165, 1.54) is 4.90 Å². The maximum Gasteiger partial charge on any atom is 0.328 e. The highest BCUT2D eigenvalue weighted by atomic mass is 16.4. The minimum absolute atomic E-state index is 0.0738. The van der Waals surface area contributed by atoms with Crippen LogP contribution in [0.3, 0.4) is 0 Å². The van der Waals surface area contributed by atoms with Gasteiger partial charge in [-0.25, -0.2) is 4.79 Å². The summed E-state index contributed by atoms with van der Waals surface area (Å²) in [6, 6.07) is -0.842. The van der Waals surface area contributed by atoms with Crippen LogP contribution in [0, 0.1) is 12.8 Å². The van der Waals surface area contributed by atoms with Crippen molar-refractivity contribution < 1.29 is 14.7 Å². The van der Waals surface area contributed by atoms with E-state index in [9.17, 15) is 14.7 Å². The molecule has 1 aliphatic rings. The number of aromatic nitrogens is 3. The summed E-state index contributed by atoms with van der Waals surface area (Å²) in [4.78, 5) is 25.8. The number of fused-ring (bicyclic) bond motifs is 1. The van der Waals surface area contributed by atoms with Gasteiger partial charge in [0.05, 0.1) is 13.1 Å². The first-order valence-electron chi connectivity index (χ1n) is 7.91. The number of hydrogen-bond acceptors (Lipinski definition) is 4. The van der Waals surface area contributed by atoms with E-state index >= 15 is 0 Å². The fraction of sp³-hybridized carbons (Fsp3) is 0.733. The Morgan fingerprint density at radius 3 is 2.68 bits per heavy atom. The fourth-order valence-corrected chi connectivity index (χ4v) is 2.94. The molecule has 0 radical (unpaired) electrons. The average molecular weight is 308 g/mol. The molecule has 0 aromatic carbocycles. The monoisotopic (exact) mass is 308 g/mol. The van der Waals surface area contributed by atoms with E-state index in [1.807, 2.05) is 6.92 Å². The highest BCUT2D eigenvalue weighted by Crippen LogP contribution is 2.23. The Morgan fingerprint density at radius 1 is 1.36 bits per heavy atom. The summed E-state index contributed by atoms with van der Waals surface area (Å²) >= 11 is 0. The van der Waals surface area contributed by atoms with E-state index in [-0.39, 0.29) is 24.9 Å². The molecular weight excluding hydrogens is 284 g/mol. The number of carbonyl (C=O) groups excluding carboxylic acids is 1. The van der Waals surface area contributed by atoms with Crippen LogP contribution in [0.2, 0.25) is 0 Å². The Morgan fingerprint density at radius 2 is 2.09 bits per heavy atom. The van der Waals surface area contributed by atoms with Gasteiger partial charge in [0.2, 0.25) is 5.91 Å². The van der Waals surface area contributed by atoms with Gasteiger partial charge in [-0.05, 0) is 19.8 Å². The number of hydrogen-bond donors (Lipinski definition) is 1. The predicted octanol–water partition coefficient (Wildman–Crippen LogP) is 1.60. The van der Waals surface area contributed by atoms with Gasteiger partial charge in [-0.1, -0.05) is 26.7 Å². The molecule has 2 atom stereocenters. The van der Waals surface area contributed by atoms with Gasteiger partial charge in [-0.15, -0.1) is 10.2 Å². The van der Waals surface area contributed by atoms with Crippen LogP contribution in [-0.2, 0) is 22.7 Å². The van der Waals surface area contributed by atoms with Crippen molar-refractivity contribution in [2.75, 3.05) is 0 Å². The number of carbonyl (C=O) groups is 2. The molecule has 2 unspecified atom stereocenters. The summed E-state index contributed by atoms with van der Waals surface area (Å²) in [6.45, 7) is 6.30. The third-order valence-corrected chi connectivity index (χ3v) is 4.37. The molecular formula is C15H24N4O3. The number of carboxylic acid groups (broad SMARTS) is 1. The number of aliphatic carboxylic acids is 1. The molecule has 0 saturated heterocycles. The molecule has 1 N–H and O–H groups in total. The van der Waals surface area contributed by atoms with E-state index in [1.54, 1.807) is 11.5 Å². The van der Waals surface area contributed by atoms with E-state index in [4.69, 9.17) is 0 Å². The van der Waals surface area contributed by atoms with Gasteiger partial charge in [-0.2, -0.15) is 0 Å². The predicted molar refractivity (Wildman–Crippen MR) is 80.0 cm³/mol. The zero-order valence-corrected chi connectivity index (χ0v) is 13.4. The van der Waals surface area contributed by atoms with Crippen molar-refractivity contribution in [1.82, 2.24) is 19.7 Å². The summed E-state index contributed by atoms with van der Waals surface area (Å²) in [5.41, 5.74) is 0. The van der Waals surface area contributed by atoms with Gasteiger partial charge in [0.25, 0.3) is 0 Å². The maximum absolute atomic E-state index is 12.8. The van der Waals surface area contributed by atoms with E-state index < -0.39 is 12.0 Å². The number of aryl methyl sites for hydroxylation is 1. The standard InChI is InChI=1S/C15H24N4O3/c1-4-6-7-11(5-2)14(20)19-9-13-17-16-10(3)18(13)8-12(19)15(21)22/h11-12H,4-9H2,1-3H3,(H,21,22). The molecule has 0 saturated carbocycles. The summed E-state index contributed by atoms with van der Waals surface area (Å²) < 4.78 is 1.79. The topological polar surface area (TPSA) is 88.3 Å². The number of carboxylic acids is 1. The lowest BCUT2D eigenvalue weighted by Gasteiger charge is -2.35. The molecule has 0 fully saturated rings. The van der Waals surface area contributed by atoms with Crippen molar-refractivity contribution in [2.24, 2.45) is 5.92 Å². The lowest BCUT2D eigenvalue weighted by Crippen LogP contribution is -2.52. The van der Waals surface area contributed by atoms with Gasteiger partial charge >= 0.3 is 5.97 Å². The Balaban J connectivity index is 2.23. The first kappa shape index (κ1) is 16.5. The molecule has 0 aliphatic carbocycles. The molecule has 7 nitrogen and oxygen atoms in total. The van der Waals surface area contributed by atoms with Gasteiger partial charge in [0.15, 0.2) is 5.82 Å². The molecule has 22 heavy (non-hydrogen) atoms. The summed E-state index contributed by atoms with van der Waals surface area (Å²) in [7, 11) is 0. The quantitative estimate of drug-likeness (QED) is 0.862. The number of rotatable bonds is 6. The average Bonchev–Trinajstić information content (AvgIpc) is 2.87. The van der Waals surface area contributed by atoms with Crippen LogP contribution in [0.5, 0.6) is 0 Å². The second-order valence-electron chi connectivity index (χ2n) is 5.84. The Bertz CT molecular complexity index is 555. The first-order valence-corrected chi connectivity index (χ1v) is 7.91. The molecule has 1 aromatic heterocycles. The molecule has 0 spiro atoms. The summed E-state index contributed by atoms with van der Waals surface area (Å²) in [5.74, 6) is 0.185. The Hall–Kier alpha value is -1.92. The third kappa shape index (κ3) is 3.13. The number of unbranched alkanes of at least 4 members (excludes halogenated alkanes) is 1. The largest absolute Gasteiger partial charge is 0.480 e. The first-order chi connectivity index (χ1) is 10.5. The lowest BCUT2D eigenvalue weighted by molar-refractivity contribution is -0.155. The van der Waals surface area contributed by atoms with Crippen LogP contribution in [0.1, 0.15) is 51.2 Å². The Labute approximate surface area is 130 Å². The summed E-state index contributed by atoms with van der Waals surface area (Å²) in [6.07, 6.45) is 3.54. The van der Waals surface area contributed by atoms with Crippen LogP contribution in [0.25, 0.3) is 0 Å². The van der Waals surface area contributed by atoms with Crippen LogP contribution < -0.4 is 0 Å². The second kappa shape index (κ2) is 6.89. The molecule has 2 rings (SSSR count). The van der Waals surface area contributed by atoms with E-state index in [0.29, 0.717) is 11.6 Å². The van der Waals surface area contributed by atoms with Gasteiger partial charge in [0, 0.05) is 5.92 Å². The van der Waals surface area contributed by atoms with Gasteiger partial charge in [-0.3, -0.25) is 4.79 Å². The zero-order chi connectivity index (χ0) is 16.3. The van der Waals surface area contributed by atoms with E-state index in [0.717, 1.165) is 25.7 Å². The van der Waals surface area contributed by atoms with Crippen molar-refractivity contribution >= 4 is 11.9 Å². The number of amides is 1. The smallest absolute Gasteiger partial charge is 0.328 e. The van der Waals surface area contributed by atoms with E-state index in [2.05, 4.69) is 17.1 Å². The third-order valence-electron chi connectivity index (χ3n) is 4.37. The van der Waals surface area contributed by atoms with Crippen molar-refractivity contribution in [3.05, 3.63) is 11.6 Å². The second-order valence-corrected chi connectivity index (χ2v) is 5.84. The molecule has 1 aliphatic heterocycles. The van der Waals surface area contributed by atoms with Gasteiger partial charge in [0.1, 0.15) is 11.9 Å². The molecule has 122 valence electrons. The highest BCUT2D eigenvalue weighted by molar-refractivity contribution is 5.85. The highest BCUT2D eigenvalue weighted by Gasteiger charge is 2.38. The molecule has 1 amide bonds. The Kier molecular flexibility index (Phi) is 5.15. The normalized spacial score (nSPS) is 18.9. The molecule has 2 heterocycles. The molecule has 0 bridgehead atoms. The van der Waals surface area contributed by atoms with Crippen molar-refractivity contribution in [2.45, 2.75) is 65.6 Å². The van der Waals surface area contributed by atoms with Crippen molar-refractivity contribution in [3.63, 3.8) is 0 Å². The van der Waals surface area contributed by atoms with Crippen LogP contribution >= 0.6 is 0 Å². The number of nitrogens with zero attached hydrogens (tertiary/aromatic N) is 4. The SMILES string of the molecule is CCCCC(CC)C(=O)N1Cc2nnc(C)n2CC1C(=O)O. The van der Waals surface area contributed by atoms with Crippen LogP contribution in [0.15, 0.2) is 0 Å². The fourth-order valence-electron chi connectivity index (χ4n) is 2.94. The van der Waals surface area contributed by atoms with Crippen molar-refractivity contribution in [1.29, 1.82) is 0 Å².